The van der Waals surface area contributed by atoms with E-state index in [-0.39, 0.29) is 5.78 Å². The summed E-state index contributed by atoms with van der Waals surface area (Å²) < 4.78 is 0. The van der Waals surface area contributed by atoms with E-state index in [2.05, 4.69) is 23.0 Å². The van der Waals surface area contributed by atoms with Gasteiger partial charge in [-0.2, -0.15) is 11.8 Å². The molecule has 1 aliphatic heterocycles. The number of nitrogens with one attached hydrogen (secondary N) is 1. The lowest BCUT2D eigenvalue weighted by atomic mass is 9.87. The topological polar surface area (TPSA) is 41.5 Å². The van der Waals surface area contributed by atoms with Gasteiger partial charge in [0, 0.05) is 31.0 Å². The summed E-state index contributed by atoms with van der Waals surface area (Å²) in [6.45, 7) is 5.73. The Labute approximate surface area is 148 Å². The average molecular weight is 353 g/mol. The van der Waals surface area contributed by atoms with Gasteiger partial charge in [0.1, 0.15) is 5.16 Å². The van der Waals surface area contributed by atoms with Crippen molar-refractivity contribution in [1.82, 2.24) is 5.32 Å². The fourth-order valence-electron chi connectivity index (χ4n) is 2.41. The molecule has 2 aliphatic rings. The molecule has 2 rings (SSSR count). The van der Waals surface area contributed by atoms with E-state index in [0.717, 1.165) is 30.5 Å². The Balaban J connectivity index is 0.000000816. The minimum Gasteiger partial charge on any atom is -0.379 e. The van der Waals surface area contributed by atoms with Crippen LogP contribution in [0.25, 0.3) is 0 Å². The molecule has 0 aromatic carbocycles. The van der Waals surface area contributed by atoms with Gasteiger partial charge in [0.15, 0.2) is 5.78 Å². The van der Waals surface area contributed by atoms with Crippen LogP contribution in [0.2, 0.25) is 0 Å². The van der Waals surface area contributed by atoms with Crippen molar-refractivity contribution in [1.29, 1.82) is 0 Å². The van der Waals surface area contributed by atoms with E-state index in [1.54, 1.807) is 18.8 Å². The quantitative estimate of drug-likeness (QED) is 0.593. The van der Waals surface area contributed by atoms with E-state index in [1.807, 2.05) is 25.5 Å². The van der Waals surface area contributed by atoms with Crippen LogP contribution < -0.4 is 5.32 Å². The van der Waals surface area contributed by atoms with Gasteiger partial charge >= 0.3 is 0 Å². The van der Waals surface area contributed by atoms with Crippen molar-refractivity contribution < 1.29 is 4.79 Å². The number of thioether (sulfide) groups is 1. The first-order valence-electron chi connectivity index (χ1n) is 7.66. The molecule has 0 fully saturated rings. The third-order valence-corrected chi connectivity index (χ3v) is 4.00. The SMILES string of the molecule is C=C(C(=O)CC)C1=NC2=C(CCC=C2)C/C1=C(\Cl)NC.CSC. The molecule has 0 saturated heterocycles. The van der Waals surface area contributed by atoms with Crippen molar-refractivity contribution in [2.75, 3.05) is 19.6 Å². The molecule has 1 N–H and O–H groups in total. The van der Waals surface area contributed by atoms with Gasteiger partial charge in [-0.3, -0.25) is 4.79 Å². The maximum atomic E-state index is 11.9. The second-order valence-electron chi connectivity index (χ2n) is 5.27. The minimum atomic E-state index is 0.00524. The van der Waals surface area contributed by atoms with Crippen LogP contribution in [-0.2, 0) is 4.79 Å². The summed E-state index contributed by atoms with van der Waals surface area (Å²) in [6.07, 6.45) is 11.4. The van der Waals surface area contributed by atoms with Gasteiger partial charge in [-0.15, -0.1) is 0 Å². The smallest absolute Gasteiger partial charge is 0.164 e. The van der Waals surface area contributed by atoms with Crippen LogP contribution in [0.1, 0.15) is 32.6 Å². The fraction of sp³-hybridized carbons (Fsp3) is 0.444. The van der Waals surface area contributed by atoms with Gasteiger partial charge in [0.05, 0.1) is 11.4 Å². The number of allylic oxidation sites excluding steroid dienone is 5. The number of hydrogen-bond acceptors (Lipinski definition) is 4. The highest BCUT2D eigenvalue weighted by Crippen LogP contribution is 2.34. The largest absolute Gasteiger partial charge is 0.379 e. The lowest BCUT2D eigenvalue weighted by Gasteiger charge is -2.24. The van der Waals surface area contributed by atoms with Gasteiger partial charge in [-0.05, 0) is 37.0 Å². The van der Waals surface area contributed by atoms with Crippen LogP contribution in [0.3, 0.4) is 0 Å². The van der Waals surface area contributed by atoms with Crippen molar-refractivity contribution >= 4 is 34.9 Å². The highest BCUT2D eigenvalue weighted by atomic mass is 35.5. The third kappa shape index (κ3) is 5.11. The number of carbonyl (C=O) groups is 1. The van der Waals surface area contributed by atoms with Gasteiger partial charge in [-0.1, -0.05) is 31.2 Å². The van der Waals surface area contributed by atoms with Crippen molar-refractivity contribution in [3.05, 3.63) is 46.3 Å². The van der Waals surface area contributed by atoms with E-state index < -0.39 is 0 Å². The van der Waals surface area contributed by atoms with E-state index in [9.17, 15) is 4.79 Å². The predicted molar refractivity (Wildman–Crippen MR) is 103 cm³/mol. The zero-order chi connectivity index (χ0) is 17.4. The maximum absolute atomic E-state index is 11.9. The molecule has 1 aliphatic carbocycles. The normalized spacial score (nSPS) is 18.4. The molecule has 126 valence electrons. The number of nitrogens with zero attached hydrogens (tertiary/aromatic N) is 1. The van der Waals surface area contributed by atoms with E-state index in [0.29, 0.717) is 22.9 Å². The zero-order valence-electron chi connectivity index (χ0n) is 14.3. The molecule has 0 bridgehead atoms. The van der Waals surface area contributed by atoms with Crippen LogP contribution in [0.15, 0.2) is 51.3 Å². The Morgan fingerprint density at radius 1 is 1.48 bits per heavy atom. The number of ketones is 1. The zero-order valence-corrected chi connectivity index (χ0v) is 15.9. The molecule has 0 spiro atoms. The number of Topliss-reactive ketones (excluding diaryl/α,β-unsaturated/α-hetero) is 1. The lowest BCUT2D eigenvalue weighted by Crippen LogP contribution is -2.21. The summed E-state index contributed by atoms with van der Waals surface area (Å²) in [5.74, 6) is 0.00524. The van der Waals surface area contributed by atoms with Crippen LogP contribution in [0.4, 0.5) is 0 Å². The fourth-order valence-corrected chi connectivity index (χ4v) is 2.56. The Bertz CT molecular complexity index is 600. The average Bonchev–Trinajstić information content (AvgIpc) is 2.59. The molecule has 0 unspecified atom stereocenters. The molecule has 23 heavy (non-hydrogen) atoms. The number of carbonyl (C=O) groups excluding carboxylic acids is 1. The molecular weight excluding hydrogens is 328 g/mol. The summed E-state index contributed by atoms with van der Waals surface area (Å²) in [5.41, 5.74) is 4.18. The molecule has 5 heteroatoms. The van der Waals surface area contributed by atoms with Gasteiger partial charge in [-0.25, -0.2) is 4.99 Å². The van der Waals surface area contributed by atoms with Crippen molar-refractivity contribution in [2.45, 2.75) is 32.6 Å². The molecule has 0 radical (unpaired) electrons. The molecular formula is C18H25ClN2OS. The van der Waals surface area contributed by atoms with Gasteiger partial charge < -0.3 is 5.32 Å². The molecule has 3 nitrogen and oxygen atoms in total. The van der Waals surface area contributed by atoms with Gasteiger partial charge in [0.2, 0.25) is 0 Å². The molecule has 0 atom stereocenters. The number of aliphatic imine (C=N–C) groups is 1. The van der Waals surface area contributed by atoms with Crippen LogP contribution in [-0.4, -0.2) is 31.1 Å². The summed E-state index contributed by atoms with van der Waals surface area (Å²) in [7, 11) is 1.77. The van der Waals surface area contributed by atoms with Crippen molar-refractivity contribution in [2.24, 2.45) is 4.99 Å². The Morgan fingerprint density at radius 2 is 2.13 bits per heavy atom. The first-order valence-corrected chi connectivity index (χ1v) is 9.67. The lowest BCUT2D eigenvalue weighted by molar-refractivity contribution is -0.114. The Morgan fingerprint density at radius 3 is 2.70 bits per heavy atom. The summed E-state index contributed by atoms with van der Waals surface area (Å²) in [6, 6.07) is 0. The number of halogens is 1. The second-order valence-corrected chi connectivity index (χ2v) is 6.47. The van der Waals surface area contributed by atoms with Gasteiger partial charge in [0.25, 0.3) is 0 Å². The molecule has 0 amide bonds. The number of hydrogen-bond donors (Lipinski definition) is 1. The standard InChI is InChI=1S/C16H19ClN2O.C2H6S/c1-4-14(20)10(2)15-12(16(17)18-3)9-11-7-5-6-8-13(11)19-15;1-3-2/h6,8,18H,2,4-5,7,9H2,1,3H3;1-2H3/b16-12-;. The predicted octanol–water partition coefficient (Wildman–Crippen LogP) is 4.62. The third-order valence-electron chi connectivity index (χ3n) is 3.59. The summed E-state index contributed by atoms with van der Waals surface area (Å²) >= 11 is 8.01. The van der Waals surface area contributed by atoms with Crippen molar-refractivity contribution in [3.63, 3.8) is 0 Å². The summed E-state index contributed by atoms with van der Waals surface area (Å²) in [4.78, 5) is 16.6. The van der Waals surface area contributed by atoms with Crippen LogP contribution >= 0.6 is 23.4 Å². The molecule has 0 saturated carbocycles. The molecule has 0 aromatic heterocycles. The Kier molecular flexibility index (Phi) is 8.42. The van der Waals surface area contributed by atoms with E-state index in [4.69, 9.17) is 11.6 Å². The highest BCUT2D eigenvalue weighted by Gasteiger charge is 2.25. The molecule has 0 aromatic rings. The Hall–Kier alpha value is -1.26. The monoisotopic (exact) mass is 352 g/mol. The van der Waals surface area contributed by atoms with E-state index in [1.165, 1.54) is 5.57 Å². The highest BCUT2D eigenvalue weighted by molar-refractivity contribution is 7.97. The van der Waals surface area contributed by atoms with Crippen molar-refractivity contribution in [3.8, 4) is 0 Å². The summed E-state index contributed by atoms with van der Waals surface area (Å²) in [5, 5.41) is 3.48. The minimum absolute atomic E-state index is 0.00524. The van der Waals surface area contributed by atoms with Crippen LogP contribution in [0, 0.1) is 0 Å². The first-order chi connectivity index (χ1) is 11.0. The second kappa shape index (κ2) is 9.78. The first kappa shape index (κ1) is 19.8. The van der Waals surface area contributed by atoms with E-state index >= 15 is 0 Å². The van der Waals surface area contributed by atoms with Crippen LogP contribution in [0.5, 0.6) is 0 Å². The number of rotatable bonds is 4. The molecule has 1 heterocycles. The maximum Gasteiger partial charge on any atom is 0.164 e.